The molecule has 110 valence electrons. The molecule has 1 rings (SSSR count). The maximum Gasteiger partial charge on any atom is 0.333 e. The number of ether oxygens (including phenoxy) is 2. The van der Waals surface area contributed by atoms with Crippen LogP contribution in [-0.4, -0.2) is 42.1 Å². The summed E-state index contributed by atoms with van der Waals surface area (Å²) in [5.41, 5.74) is 0.412. The summed E-state index contributed by atoms with van der Waals surface area (Å²) >= 11 is 0. The van der Waals surface area contributed by atoms with E-state index >= 15 is 0 Å². The molecule has 0 saturated carbocycles. The molecular formula is C15H20O5. The molecule has 0 aliphatic carbocycles. The van der Waals surface area contributed by atoms with Gasteiger partial charge in [-0.1, -0.05) is 24.3 Å². The van der Waals surface area contributed by atoms with Crippen LogP contribution in [0.2, 0.25) is 0 Å². The first-order valence-corrected chi connectivity index (χ1v) is 6.44. The van der Waals surface area contributed by atoms with E-state index in [0.717, 1.165) is 0 Å². The number of hydrogen-bond acceptors (Lipinski definition) is 5. The summed E-state index contributed by atoms with van der Waals surface area (Å²) in [6.07, 6.45) is 1.11. The Hall–Kier alpha value is -1.85. The molecule has 5 nitrogen and oxygen atoms in total. The van der Waals surface area contributed by atoms with Gasteiger partial charge in [-0.25, -0.2) is 4.79 Å². The lowest BCUT2D eigenvalue weighted by Crippen LogP contribution is -2.25. The summed E-state index contributed by atoms with van der Waals surface area (Å²) in [5.74, 6) is 0.147. The normalized spacial score (nSPS) is 12.8. The van der Waals surface area contributed by atoms with Crippen molar-refractivity contribution < 1.29 is 24.5 Å². The summed E-state index contributed by atoms with van der Waals surface area (Å²) < 4.78 is 10.3. The van der Waals surface area contributed by atoms with Gasteiger partial charge in [-0.3, -0.25) is 0 Å². The Morgan fingerprint density at radius 2 is 2.00 bits per heavy atom. The Balaban J connectivity index is 2.26. The highest BCUT2D eigenvalue weighted by atomic mass is 16.5. The molecule has 0 aliphatic rings. The minimum absolute atomic E-state index is 0.0157. The van der Waals surface area contributed by atoms with Crippen molar-refractivity contribution in [3.8, 4) is 5.75 Å². The molecule has 0 radical (unpaired) electrons. The fourth-order valence-electron chi connectivity index (χ4n) is 1.41. The summed E-state index contributed by atoms with van der Waals surface area (Å²) in [4.78, 5) is 11.5. The van der Waals surface area contributed by atoms with Crippen molar-refractivity contribution in [3.05, 3.63) is 42.0 Å². The van der Waals surface area contributed by atoms with Crippen molar-refractivity contribution in [2.24, 2.45) is 0 Å². The van der Waals surface area contributed by atoms with E-state index in [9.17, 15) is 9.90 Å². The van der Waals surface area contributed by atoms with E-state index in [0.29, 0.717) is 17.7 Å². The molecule has 0 bridgehead atoms. The molecule has 0 aliphatic heterocycles. The quantitative estimate of drug-likeness (QED) is 0.554. The zero-order valence-electron chi connectivity index (χ0n) is 11.5. The second-order valence-corrected chi connectivity index (χ2v) is 4.28. The van der Waals surface area contributed by atoms with Gasteiger partial charge in [0, 0.05) is 12.2 Å². The van der Waals surface area contributed by atoms with Crippen molar-refractivity contribution >= 4 is 5.97 Å². The molecule has 0 saturated heterocycles. The second kappa shape index (κ2) is 9.12. The van der Waals surface area contributed by atoms with Gasteiger partial charge in [-0.15, -0.1) is 0 Å². The predicted octanol–water partition coefficient (Wildman–Crippen LogP) is 1.30. The van der Waals surface area contributed by atoms with Gasteiger partial charge in [-0.05, 0) is 25.5 Å². The number of carbonyl (C=O) groups excluding carboxylic acids is 1. The van der Waals surface area contributed by atoms with E-state index in [1.807, 2.05) is 18.2 Å². The fraction of sp³-hybridized carbons (Fsp3) is 0.400. The standard InChI is InChI=1S/C15H20O5/c1-12(6-5-9-16)15(18)20-11-13(17)10-19-14-7-3-2-4-8-14/h2-4,6-8,13,16-17H,5,9-11H2,1H3. The van der Waals surface area contributed by atoms with E-state index in [2.05, 4.69) is 0 Å². The molecule has 0 heterocycles. The molecule has 0 amide bonds. The Morgan fingerprint density at radius 1 is 1.30 bits per heavy atom. The van der Waals surface area contributed by atoms with Crippen LogP contribution >= 0.6 is 0 Å². The summed E-state index contributed by atoms with van der Waals surface area (Å²) in [6, 6.07) is 9.09. The van der Waals surface area contributed by atoms with Crippen molar-refractivity contribution in [2.75, 3.05) is 19.8 Å². The summed E-state index contributed by atoms with van der Waals surface area (Å²) in [5, 5.41) is 18.3. The molecule has 0 fully saturated rings. The van der Waals surface area contributed by atoms with Crippen LogP contribution in [0.5, 0.6) is 5.75 Å². The van der Waals surface area contributed by atoms with Gasteiger partial charge in [0.05, 0.1) is 0 Å². The first kappa shape index (κ1) is 16.2. The number of para-hydroxylation sites is 1. The zero-order chi connectivity index (χ0) is 14.8. The first-order valence-electron chi connectivity index (χ1n) is 6.44. The molecule has 20 heavy (non-hydrogen) atoms. The van der Waals surface area contributed by atoms with Gasteiger partial charge < -0.3 is 19.7 Å². The maximum absolute atomic E-state index is 11.5. The topological polar surface area (TPSA) is 76.0 Å². The number of benzene rings is 1. The van der Waals surface area contributed by atoms with Crippen LogP contribution in [0.25, 0.3) is 0 Å². The van der Waals surface area contributed by atoms with Gasteiger partial charge in [0.25, 0.3) is 0 Å². The van der Waals surface area contributed by atoms with Crippen LogP contribution in [0.15, 0.2) is 42.0 Å². The average molecular weight is 280 g/mol. The predicted molar refractivity (Wildman–Crippen MR) is 74.4 cm³/mol. The minimum Gasteiger partial charge on any atom is -0.491 e. The number of hydrogen-bond donors (Lipinski definition) is 2. The van der Waals surface area contributed by atoms with E-state index in [-0.39, 0.29) is 19.8 Å². The van der Waals surface area contributed by atoms with Crippen LogP contribution in [0, 0.1) is 0 Å². The highest BCUT2D eigenvalue weighted by Crippen LogP contribution is 2.08. The summed E-state index contributed by atoms with van der Waals surface area (Å²) in [7, 11) is 0. The third-order valence-electron chi connectivity index (χ3n) is 2.49. The Bertz CT molecular complexity index is 427. The third-order valence-corrected chi connectivity index (χ3v) is 2.49. The van der Waals surface area contributed by atoms with Crippen molar-refractivity contribution in [1.29, 1.82) is 0 Å². The Kier molecular flexibility index (Phi) is 7.39. The lowest BCUT2D eigenvalue weighted by atomic mass is 10.2. The number of carbonyl (C=O) groups is 1. The number of rotatable bonds is 8. The van der Waals surface area contributed by atoms with Gasteiger partial charge in [0.15, 0.2) is 0 Å². The van der Waals surface area contributed by atoms with Crippen LogP contribution < -0.4 is 4.74 Å². The average Bonchev–Trinajstić information content (AvgIpc) is 2.49. The van der Waals surface area contributed by atoms with Crippen LogP contribution in [0.3, 0.4) is 0 Å². The van der Waals surface area contributed by atoms with Crippen molar-refractivity contribution in [1.82, 2.24) is 0 Å². The minimum atomic E-state index is -0.884. The lowest BCUT2D eigenvalue weighted by molar-refractivity contribution is -0.142. The highest BCUT2D eigenvalue weighted by Gasteiger charge is 2.11. The first-order chi connectivity index (χ1) is 9.63. The molecule has 0 spiro atoms. The van der Waals surface area contributed by atoms with Crippen molar-refractivity contribution in [2.45, 2.75) is 19.4 Å². The number of aliphatic hydroxyl groups is 2. The molecular weight excluding hydrogens is 260 g/mol. The molecule has 1 atom stereocenters. The van der Waals surface area contributed by atoms with Crippen LogP contribution in [0.1, 0.15) is 13.3 Å². The molecule has 0 aromatic heterocycles. The van der Waals surface area contributed by atoms with Gasteiger partial charge in [0.1, 0.15) is 25.1 Å². The monoisotopic (exact) mass is 280 g/mol. The van der Waals surface area contributed by atoms with Crippen molar-refractivity contribution in [3.63, 3.8) is 0 Å². The number of esters is 1. The van der Waals surface area contributed by atoms with Gasteiger partial charge >= 0.3 is 5.97 Å². The lowest BCUT2D eigenvalue weighted by Gasteiger charge is -2.13. The summed E-state index contributed by atoms with van der Waals surface area (Å²) in [6.45, 7) is 1.51. The molecule has 5 heteroatoms. The van der Waals surface area contributed by atoms with E-state index < -0.39 is 12.1 Å². The zero-order valence-corrected chi connectivity index (χ0v) is 11.5. The molecule has 2 N–H and O–H groups in total. The second-order valence-electron chi connectivity index (χ2n) is 4.28. The fourth-order valence-corrected chi connectivity index (χ4v) is 1.41. The molecule has 1 unspecified atom stereocenters. The van der Waals surface area contributed by atoms with E-state index in [1.54, 1.807) is 25.1 Å². The van der Waals surface area contributed by atoms with E-state index in [1.165, 1.54) is 0 Å². The smallest absolute Gasteiger partial charge is 0.333 e. The van der Waals surface area contributed by atoms with E-state index in [4.69, 9.17) is 14.6 Å². The molecule has 1 aromatic rings. The maximum atomic E-state index is 11.5. The largest absolute Gasteiger partial charge is 0.491 e. The highest BCUT2D eigenvalue weighted by molar-refractivity contribution is 5.87. The van der Waals surface area contributed by atoms with Gasteiger partial charge in [0.2, 0.25) is 0 Å². The van der Waals surface area contributed by atoms with Gasteiger partial charge in [-0.2, -0.15) is 0 Å². The Morgan fingerprint density at radius 3 is 2.65 bits per heavy atom. The SMILES string of the molecule is CC(=CCCO)C(=O)OCC(O)COc1ccccc1. The van der Waals surface area contributed by atoms with Crippen LogP contribution in [-0.2, 0) is 9.53 Å². The van der Waals surface area contributed by atoms with Crippen LogP contribution in [0.4, 0.5) is 0 Å². The Labute approximate surface area is 118 Å². The third kappa shape index (κ3) is 6.36. The number of aliphatic hydroxyl groups excluding tert-OH is 2. The molecule has 1 aromatic carbocycles.